The highest BCUT2D eigenvalue weighted by atomic mass is 19.3. The van der Waals surface area contributed by atoms with Crippen LogP contribution in [0.15, 0.2) is 30.5 Å². The summed E-state index contributed by atoms with van der Waals surface area (Å²) in [4.78, 5) is 29.5. The number of methoxy groups -OCH3 is 1. The Bertz CT molecular complexity index is 902. The molecule has 3 rings (SSSR count). The number of carbonyl (C=O) groups excluding carboxylic acids is 1. The first kappa shape index (κ1) is 20.2. The zero-order valence-corrected chi connectivity index (χ0v) is 15.4. The summed E-state index contributed by atoms with van der Waals surface area (Å²) >= 11 is 0. The van der Waals surface area contributed by atoms with E-state index < -0.39 is 28.9 Å². The van der Waals surface area contributed by atoms with Gasteiger partial charge in [0.05, 0.1) is 30.0 Å². The number of hydrogen-bond acceptors (Lipinski definition) is 7. The van der Waals surface area contributed by atoms with Crippen LogP contribution in [-0.2, 0) is 0 Å². The Morgan fingerprint density at radius 3 is 2.55 bits per heavy atom. The summed E-state index contributed by atoms with van der Waals surface area (Å²) in [7, 11) is 1.17. The van der Waals surface area contributed by atoms with Crippen LogP contribution in [0, 0.1) is 10.1 Å². The number of carbonyl (C=O) groups is 1. The molecule has 0 bridgehead atoms. The summed E-state index contributed by atoms with van der Waals surface area (Å²) in [5, 5.41) is 13.8. The van der Waals surface area contributed by atoms with Crippen LogP contribution < -0.4 is 19.7 Å². The van der Waals surface area contributed by atoms with E-state index in [4.69, 9.17) is 4.74 Å². The lowest BCUT2D eigenvalue weighted by atomic mass is 10.1. The number of hydrogen-bond donors (Lipinski definition) is 1. The average Bonchev–Trinajstić information content (AvgIpc) is 3.22. The van der Waals surface area contributed by atoms with Gasteiger partial charge in [0.1, 0.15) is 11.4 Å². The number of anilines is 2. The summed E-state index contributed by atoms with van der Waals surface area (Å²) in [6, 6.07) is 5.09. The number of nitrogens with one attached hydrogen (secondary N) is 1. The molecule has 9 nitrogen and oxygen atoms in total. The van der Waals surface area contributed by atoms with Gasteiger partial charge < -0.3 is 19.7 Å². The van der Waals surface area contributed by atoms with Crippen molar-refractivity contribution in [3.63, 3.8) is 0 Å². The summed E-state index contributed by atoms with van der Waals surface area (Å²) < 4.78 is 34.2. The second-order valence-corrected chi connectivity index (χ2v) is 6.21. The summed E-state index contributed by atoms with van der Waals surface area (Å²) in [6.45, 7) is -1.38. The number of aromatic nitrogens is 1. The first-order valence-electron chi connectivity index (χ1n) is 8.72. The molecule has 1 N–H and O–H groups in total. The van der Waals surface area contributed by atoms with Gasteiger partial charge in [-0.3, -0.25) is 14.9 Å². The number of nitrogens with zero attached hydrogens (tertiary/aromatic N) is 3. The molecule has 11 heteroatoms. The van der Waals surface area contributed by atoms with Crippen molar-refractivity contribution in [3.8, 4) is 11.5 Å². The summed E-state index contributed by atoms with van der Waals surface area (Å²) in [5.74, 6) is -0.804. The maximum Gasteiger partial charge on any atom is 0.387 e. The quantitative estimate of drug-likeness (QED) is 0.552. The van der Waals surface area contributed by atoms with Crippen LogP contribution in [0.4, 0.5) is 26.0 Å². The summed E-state index contributed by atoms with van der Waals surface area (Å²) in [5.41, 5.74) is -0.725. The molecule has 1 aliphatic heterocycles. The van der Waals surface area contributed by atoms with Gasteiger partial charge in [0.2, 0.25) is 0 Å². The van der Waals surface area contributed by atoms with Gasteiger partial charge in [0.25, 0.3) is 11.6 Å². The van der Waals surface area contributed by atoms with Crippen LogP contribution in [0.25, 0.3) is 0 Å². The van der Waals surface area contributed by atoms with E-state index in [-0.39, 0.29) is 11.3 Å². The van der Waals surface area contributed by atoms with Gasteiger partial charge in [-0.1, -0.05) is 0 Å². The minimum absolute atomic E-state index is 0.233. The fourth-order valence-electron chi connectivity index (χ4n) is 3.02. The molecular weight excluding hydrogens is 390 g/mol. The number of alkyl halides is 2. The molecule has 0 saturated carbocycles. The highest BCUT2D eigenvalue weighted by Crippen LogP contribution is 2.36. The van der Waals surface area contributed by atoms with E-state index in [1.165, 1.54) is 13.3 Å². The SMILES string of the molecule is COc1cc(C(=O)Nc2ccc(N3CCCC3)nc2)c([N+](=O)[O-])cc1OC(F)F. The molecule has 1 aromatic heterocycles. The van der Waals surface area contributed by atoms with Crippen molar-refractivity contribution < 1.29 is 28.0 Å². The molecule has 1 saturated heterocycles. The molecular formula is C18H18F2N4O5. The smallest absolute Gasteiger partial charge is 0.387 e. The van der Waals surface area contributed by atoms with E-state index in [0.29, 0.717) is 5.69 Å². The van der Waals surface area contributed by atoms with Crippen molar-refractivity contribution in [2.24, 2.45) is 0 Å². The summed E-state index contributed by atoms with van der Waals surface area (Å²) in [6.07, 6.45) is 3.64. The Morgan fingerprint density at radius 2 is 2.00 bits per heavy atom. The lowest BCUT2D eigenvalue weighted by Gasteiger charge is -2.16. The van der Waals surface area contributed by atoms with Crippen LogP contribution in [0.3, 0.4) is 0 Å². The molecule has 0 atom stereocenters. The van der Waals surface area contributed by atoms with Crippen molar-refractivity contribution in [1.29, 1.82) is 0 Å². The molecule has 1 aliphatic rings. The minimum atomic E-state index is -3.21. The Labute approximate surface area is 164 Å². The maximum atomic E-state index is 12.6. The van der Waals surface area contributed by atoms with E-state index in [0.717, 1.165) is 43.9 Å². The predicted molar refractivity (Wildman–Crippen MR) is 99.9 cm³/mol. The standard InChI is InChI=1S/C18H18F2N4O5/c1-28-14-8-12(13(24(26)27)9-15(14)29-18(19)20)17(25)22-11-4-5-16(21-10-11)23-6-2-3-7-23/h4-5,8-10,18H,2-3,6-7H2,1H3,(H,22,25). The minimum Gasteiger partial charge on any atom is -0.493 e. The third kappa shape index (κ3) is 4.68. The lowest BCUT2D eigenvalue weighted by Crippen LogP contribution is -2.19. The van der Waals surface area contributed by atoms with Gasteiger partial charge in [-0.15, -0.1) is 0 Å². The van der Waals surface area contributed by atoms with Crippen LogP contribution in [0.1, 0.15) is 23.2 Å². The molecule has 29 heavy (non-hydrogen) atoms. The van der Waals surface area contributed by atoms with Crippen LogP contribution in [0.5, 0.6) is 11.5 Å². The maximum absolute atomic E-state index is 12.6. The van der Waals surface area contributed by atoms with Crippen LogP contribution in [0.2, 0.25) is 0 Å². The number of benzene rings is 1. The third-order valence-corrected chi connectivity index (χ3v) is 4.38. The first-order valence-corrected chi connectivity index (χ1v) is 8.72. The third-order valence-electron chi connectivity index (χ3n) is 4.38. The second-order valence-electron chi connectivity index (χ2n) is 6.21. The predicted octanol–water partition coefficient (Wildman–Crippen LogP) is 3.45. The largest absolute Gasteiger partial charge is 0.493 e. The molecule has 154 valence electrons. The van der Waals surface area contributed by atoms with Gasteiger partial charge in [-0.25, -0.2) is 4.98 Å². The molecule has 1 amide bonds. The Morgan fingerprint density at radius 1 is 1.28 bits per heavy atom. The second kappa shape index (κ2) is 8.67. The van der Waals surface area contributed by atoms with Crippen molar-refractivity contribution in [2.45, 2.75) is 19.5 Å². The normalized spacial score (nSPS) is 13.4. The lowest BCUT2D eigenvalue weighted by molar-refractivity contribution is -0.385. The zero-order valence-electron chi connectivity index (χ0n) is 15.4. The highest BCUT2D eigenvalue weighted by Gasteiger charge is 2.26. The van der Waals surface area contributed by atoms with Gasteiger partial charge in [-0.05, 0) is 25.0 Å². The van der Waals surface area contributed by atoms with Crippen molar-refractivity contribution in [1.82, 2.24) is 4.98 Å². The fourth-order valence-corrected chi connectivity index (χ4v) is 3.02. The van der Waals surface area contributed by atoms with E-state index in [2.05, 4.69) is 19.9 Å². The highest BCUT2D eigenvalue weighted by molar-refractivity contribution is 6.07. The Kier molecular flexibility index (Phi) is 6.05. The van der Waals surface area contributed by atoms with Gasteiger partial charge in [0.15, 0.2) is 11.5 Å². The number of rotatable bonds is 7. The number of pyridine rings is 1. The molecule has 0 aliphatic carbocycles. The molecule has 1 aromatic carbocycles. The van der Waals surface area contributed by atoms with E-state index in [1.54, 1.807) is 12.1 Å². The number of amides is 1. The van der Waals surface area contributed by atoms with Crippen LogP contribution in [-0.4, -0.2) is 42.6 Å². The topological polar surface area (TPSA) is 107 Å². The Hall–Kier alpha value is -3.50. The number of nitro groups is 1. The van der Waals surface area contributed by atoms with E-state index in [1.807, 2.05) is 0 Å². The van der Waals surface area contributed by atoms with Crippen LogP contribution >= 0.6 is 0 Å². The molecule has 2 aromatic rings. The van der Waals surface area contributed by atoms with Crippen molar-refractivity contribution in [3.05, 3.63) is 46.1 Å². The average molecular weight is 408 g/mol. The fraction of sp³-hybridized carbons (Fsp3) is 0.333. The van der Waals surface area contributed by atoms with Gasteiger partial charge >= 0.3 is 6.61 Å². The Balaban J connectivity index is 1.84. The number of nitro benzene ring substituents is 1. The van der Waals surface area contributed by atoms with Gasteiger partial charge in [-0.2, -0.15) is 8.78 Å². The molecule has 1 fully saturated rings. The number of halogens is 2. The molecule has 0 radical (unpaired) electrons. The van der Waals surface area contributed by atoms with Crippen molar-refractivity contribution in [2.75, 3.05) is 30.4 Å². The first-order chi connectivity index (χ1) is 13.9. The van der Waals surface area contributed by atoms with E-state index >= 15 is 0 Å². The molecule has 0 spiro atoms. The monoisotopic (exact) mass is 408 g/mol. The van der Waals surface area contributed by atoms with Gasteiger partial charge in [0, 0.05) is 19.2 Å². The van der Waals surface area contributed by atoms with Crippen molar-refractivity contribution >= 4 is 23.1 Å². The van der Waals surface area contributed by atoms with E-state index in [9.17, 15) is 23.7 Å². The molecule has 0 unspecified atom stereocenters. The number of ether oxygens (including phenoxy) is 2. The molecule has 2 heterocycles. The zero-order chi connectivity index (χ0) is 21.0.